The van der Waals surface area contributed by atoms with Crippen LogP contribution < -0.4 is 0 Å². The van der Waals surface area contributed by atoms with Crippen molar-refractivity contribution in [3.63, 3.8) is 0 Å². The molecule has 17 nitrogen and oxygen atoms in total. The van der Waals surface area contributed by atoms with Crippen LogP contribution in [0.4, 0.5) is 0 Å². The van der Waals surface area contributed by atoms with Gasteiger partial charge in [0.05, 0.1) is 26.4 Å². The smallest absolute Gasteiger partial charge is 0.462 e. The zero-order chi connectivity index (χ0) is 37.8. The maximum atomic E-state index is 12.5. The van der Waals surface area contributed by atoms with Crippen LogP contribution in [-0.4, -0.2) is 96.7 Å². The van der Waals surface area contributed by atoms with Crippen LogP contribution in [0, 0.1) is 0 Å². The number of hydrogen-bond acceptors (Lipinski definition) is 15. The number of ether oxygens (including phenoxy) is 4. The van der Waals surface area contributed by atoms with Crippen LogP contribution in [0.15, 0.2) is 0 Å². The molecule has 0 aliphatic carbocycles. The summed E-state index contributed by atoms with van der Waals surface area (Å²) >= 11 is 0. The lowest BCUT2D eigenvalue weighted by atomic mass is 10.1. The van der Waals surface area contributed by atoms with E-state index in [4.69, 9.17) is 32.5 Å². The first-order valence-corrected chi connectivity index (χ1v) is 20.2. The maximum Gasteiger partial charge on any atom is 0.472 e. The van der Waals surface area contributed by atoms with E-state index in [0.29, 0.717) is 19.3 Å². The Morgan fingerprint density at radius 1 is 0.520 bits per heavy atom. The van der Waals surface area contributed by atoms with Gasteiger partial charge in [0.1, 0.15) is 19.3 Å². The molecule has 2 unspecified atom stereocenters. The molecule has 0 spiro atoms. The van der Waals surface area contributed by atoms with Crippen LogP contribution in [0.5, 0.6) is 0 Å². The van der Waals surface area contributed by atoms with Crippen molar-refractivity contribution in [2.45, 2.75) is 136 Å². The lowest BCUT2D eigenvalue weighted by Gasteiger charge is -2.21. The Labute approximate surface area is 295 Å². The molecule has 0 aromatic rings. The van der Waals surface area contributed by atoms with Gasteiger partial charge in [0.15, 0.2) is 12.2 Å². The molecule has 0 saturated heterocycles. The number of rotatable bonds is 32. The van der Waals surface area contributed by atoms with Gasteiger partial charge in [-0.05, 0) is 19.3 Å². The molecule has 19 heteroatoms. The molecule has 0 saturated carbocycles. The van der Waals surface area contributed by atoms with E-state index in [0.717, 1.165) is 58.3 Å². The molecule has 0 amide bonds. The van der Waals surface area contributed by atoms with Crippen molar-refractivity contribution < 1.29 is 80.2 Å². The van der Waals surface area contributed by atoms with E-state index in [9.17, 15) is 43.2 Å². The first kappa shape index (κ1) is 48.1. The standard InChI is InChI=1S/C31H58O17P2/c1-5-8-10-11-12-13-15-18-31(36)48-28(22-42-30(35)17-14-9-6-2)24-46-50(39,40)44-20-26(33)19-43-49(37,38)45-23-27(47-25(4)32)21-41-29(34)16-7-3/h26-28,33H,5-24H2,1-4H3,(H,37,38)(H,39,40)/t26-,27-,28-/m1/s1. The number of aliphatic hydroxyl groups excluding tert-OH is 1. The number of phosphoric acid groups is 2. The van der Waals surface area contributed by atoms with Gasteiger partial charge in [-0.1, -0.05) is 72.1 Å². The fourth-order valence-corrected chi connectivity index (χ4v) is 5.59. The second-order valence-electron chi connectivity index (χ2n) is 11.6. The van der Waals surface area contributed by atoms with Crippen LogP contribution in [-0.2, 0) is 65.4 Å². The molecule has 0 radical (unpaired) electrons. The summed E-state index contributed by atoms with van der Waals surface area (Å²) in [5.41, 5.74) is 0. The Morgan fingerprint density at radius 3 is 1.42 bits per heavy atom. The summed E-state index contributed by atoms with van der Waals surface area (Å²) in [6, 6.07) is 0. The Morgan fingerprint density at radius 2 is 0.920 bits per heavy atom. The van der Waals surface area contributed by atoms with Crippen molar-refractivity contribution in [3.05, 3.63) is 0 Å². The van der Waals surface area contributed by atoms with Crippen LogP contribution in [0.1, 0.15) is 118 Å². The van der Waals surface area contributed by atoms with Crippen LogP contribution >= 0.6 is 15.6 Å². The fraction of sp³-hybridized carbons (Fsp3) is 0.871. The normalized spacial score (nSPS) is 15.6. The van der Waals surface area contributed by atoms with E-state index < -0.39 is 97.5 Å². The molecule has 50 heavy (non-hydrogen) atoms. The average Bonchev–Trinajstić information content (AvgIpc) is 3.05. The molecule has 0 aliphatic rings. The van der Waals surface area contributed by atoms with Crippen molar-refractivity contribution in [1.82, 2.24) is 0 Å². The number of carbonyl (C=O) groups excluding carboxylic acids is 4. The van der Waals surface area contributed by atoms with Crippen LogP contribution in [0.25, 0.3) is 0 Å². The minimum Gasteiger partial charge on any atom is -0.462 e. The van der Waals surface area contributed by atoms with E-state index in [1.165, 1.54) is 0 Å². The summed E-state index contributed by atoms with van der Waals surface area (Å²) in [7, 11) is -9.73. The quantitative estimate of drug-likeness (QED) is 0.0351. The maximum absolute atomic E-state index is 12.5. The molecule has 0 heterocycles. The Balaban J connectivity index is 4.89. The number of aliphatic hydroxyl groups is 1. The lowest BCUT2D eigenvalue weighted by Crippen LogP contribution is -2.30. The van der Waals surface area contributed by atoms with Gasteiger partial charge in [-0.25, -0.2) is 9.13 Å². The molecule has 0 aliphatic heterocycles. The minimum atomic E-state index is -4.88. The van der Waals surface area contributed by atoms with Gasteiger partial charge in [0.25, 0.3) is 0 Å². The summed E-state index contributed by atoms with van der Waals surface area (Å²) in [6.45, 7) is 2.90. The van der Waals surface area contributed by atoms with Gasteiger partial charge in [0, 0.05) is 26.2 Å². The lowest BCUT2D eigenvalue weighted by molar-refractivity contribution is -0.161. The highest BCUT2D eigenvalue weighted by atomic mass is 31.2. The van der Waals surface area contributed by atoms with E-state index in [1.54, 1.807) is 6.92 Å². The molecule has 294 valence electrons. The van der Waals surface area contributed by atoms with Crippen molar-refractivity contribution in [2.24, 2.45) is 0 Å². The van der Waals surface area contributed by atoms with Gasteiger partial charge in [-0.15, -0.1) is 0 Å². The summed E-state index contributed by atoms with van der Waals surface area (Å²) in [5.74, 6) is -2.46. The Bertz CT molecular complexity index is 1060. The number of phosphoric ester groups is 2. The molecular weight excluding hydrogens is 706 g/mol. The highest BCUT2D eigenvalue weighted by Crippen LogP contribution is 2.45. The molecule has 5 atom stereocenters. The van der Waals surface area contributed by atoms with Gasteiger partial charge >= 0.3 is 39.5 Å². The molecule has 0 rings (SSSR count). The molecule has 0 aromatic carbocycles. The number of carbonyl (C=O) groups is 4. The van der Waals surface area contributed by atoms with Gasteiger partial charge in [0.2, 0.25) is 0 Å². The molecule has 3 N–H and O–H groups in total. The summed E-state index contributed by atoms with van der Waals surface area (Å²) in [6.07, 6.45) is 5.96. The number of unbranched alkanes of at least 4 members (excludes halogenated alkanes) is 8. The third-order valence-corrected chi connectivity index (χ3v) is 8.52. The monoisotopic (exact) mass is 764 g/mol. The predicted octanol–water partition coefficient (Wildman–Crippen LogP) is 5.07. The topological polar surface area (TPSA) is 237 Å². The first-order valence-electron chi connectivity index (χ1n) is 17.2. The summed E-state index contributed by atoms with van der Waals surface area (Å²) < 4.78 is 64.1. The molecule has 0 aromatic heterocycles. The highest BCUT2D eigenvalue weighted by molar-refractivity contribution is 7.47. The highest BCUT2D eigenvalue weighted by Gasteiger charge is 2.30. The van der Waals surface area contributed by atoms with Gasteiger partial charge in [-0.3, -0.25) is 37.3 Å². The zero-order valence-corrected chi connectivity index (χ0v) is 31.6. The summed E-state index contributed by atoms with van der Waals surface area (Å²) in [5, 5.41) is 10.1. The largest absolute Gasteiger partial charge is 0.472 e. The third kappa shape index (κ3) is 28.7. The third-order valence-electron chi connectivity index (χ3n) is 6.62. The van der Waals surface area contributed by atoms with E-state index in [-0.39, 0.29) is 19.3 Å². The zero-order valence-electron chi connectivity index (χ0n) is 29.8. The summed E-state index contributed by atoms with van der Waals surface area (Å²) in [4.78, 5) is 67.4. The second-order valence-corrected chi connectivity index (χ2v) is 14.5. The SMILES string of the molecule is CCCCCCCCCC(=O)O[C@H](COC(=O)CCCCC)COP(=O)(O)OC[C@H](O)COP(=O)(O)OC[C@@H](COC(=O)CCC)OC(C)=O. The van der Waals surface area contributed by atoms with Gasteiger partial charge < -0.3 is 33.8 Å². The fourth-order valence-electron chi connectivity index (χ4n) is 4.02. The minimum absolute atomic E-state index is 0.101. The number of hydrogen-bond donors (Lipinski definition) is 3. The number of esters is 4. The van der Waals surface area contributed by atoms with Crippen molar-refractivity contribution in [3.8, 4) is 0 Å². The Kier molecular flexibility index (Phi) is 27.5. The first-order chi connectivity index (χ1) is 23.6. The van der Waals surface area contributed by atoms with Crippen molar-refractivity contribution in [1.29, 1.82) is 0 Å². The van der Waals surface area contributed by atoms with E-state index >= 15 is 0 Å². The van der Waals surface area contributed by atoms with E-state index in [2.05, 4.69) is 11.4 Å². The average molecular weight is 765 g/mol. The molecule has 0 fully saturated rings. The second kappa shape index (κ2) is 28.6. The predicted molar refractivity (Wildman–Crippen MR) is 178 cm³/mol. The van der Waals surface area contributed by atoms with Crippen LogP contribution in [0.3, 0.4) is 0 Å². The Hall–Kier alpha value is -1.94. The van der Waals surface area contributed by atoms with Crippen LogP contribution in [0.2, 0.25) is 0 Å². The van der Waals surface area contributed by atoms with Crippen molar-refractivity contribution >= 4 is 39.5 Å². The molecular formula is C31H58O17P2. The van der Waals surface area contributed by atoms with Gasteiger partial charge in [-0.2, -0.15) is 0 Å². The van der Waals surface area contributed by atoms with Crippen molar-refractivity contribution in [2.75, 3.05) is 39.6 Å². The van der Waals surface area contributed by atoms with E-state index in [1.807, 2.05) is 6.92 Å². The molecule has 0 bridgehead atoms.